The summed E-state index contributed by atoms with van der Waals surface area (Å²) in [5, 5.41) is 22.5. The summed E-state index contributed by atoms with van der Waals surface area (Å²) in [5.41, 5.74) is 12.7. The lowest BCUT2D eigenvalue weighted by Gasteiger charge is -2.08. The lowest BCUT2D eigenvalue weighted by molar-refractivity contribution is -0.525. The fourth-order valence-electron chi connectivity index (χ4n) is 1.04. The Morgan fingerprint density at radius 3 is 2.55 bits per heavy atom. The molecule has 0 spiro atoms. The molecule has 0 fully saturated rings. The number of halogens is 1. The summed E-state index contributed by atoms with van der Waals surface area (Å²) in [4.78, 5) is 14.0. The number of guanidine groups is 2. The van der Waals surface area contributed by atoms with Gasteiger partial charge < -0.3 is 11.5 Å². The fraction of sp³-hybridized carbons (Fsp3) is 0. The van der Waals surface area contributed by atoms with Gasteiger partial charge in [-0.3, -0.25) is 0 Å². The highest BCUT2D eigenvalue weighted by atomic mass is 35.5. The lowest BCUT2D eigenvalue weighted by Crippen LogP contribution is -2.40. The smallest absolute Gasteiger partial charge is 0.274 e. The van der Waals surface area contributed by atoms with E-state index >= 15 is 0 Å². The molecular weight excluding hydrogens is 288 g/mol. The monoisotopic (exact) mass is 296 g/mol. The molecule has 0 bridgehead atoms. The zero-order chi connectivity index (χ0) is 15.1. The van der Waals surface area contributed by atoms with Crippen molar-refractivity contribution in [2.45, 2.75) is 0 Å². The number of hydrazine groups is 1. The molecule has 0 atom stereocenters. The second-order valence-corrected chi connectivity index (χ2v) is 3.65. The number of nitriles is 1. The summed E-state index contributed by atoms with van der Waals surface area (Å²) in [7, 11) is 0. The zero-order valence-electron chi connectivity index (χ0n) is 9.89. The molecule has 0 saturated carbocycles. The molecule has 0 amide bonds. The van der Waals surface area contributed by atoms with Crippen molar-refractivity contribution in [2.75, 3.05) is 0 Å². The number of hydrazone groups is 1. The predicted octanol–water partition coefficient (Wildman–Crippen LogP) is 0.0803. The SMILES string of the molecule is N#CN(N=C(N)N[N+](=O)[O-])C(N)=Nc1ccc(Cl)cc1. The van der Waals surface area contributed by atoms with Gasteiger partial charge in [0.1, 0.15) is 0 Å². The maximum absolute atomic E-state index is 10.1. The van der Waals surface area contributed by atoms with Gasteiger partial charge in [0, 0.05) is 5.02 Å². The molecule has 10 nitrogen and oxygen atoms in total. The molecule has 0 heterocycles. The van der Waals surface area contributed by atoms with Gasteiger partial charge in [0.05, 0.1) is 5.69 Å². The number of aliphatic imine (C=N–C) groups is 1. The Balaban J connectivity index is 2.92. The van der Waals surface area contributed by atoms with Crippen LogP contribution in [0.1, 0.15) is 0 Å². The lowest BCUT2D eigenvalue weighted by atomic mass is 10.3. The van der Waals surface area contributed by atoms with Crippen LogP contribution in [0, 0.1) is 21.6 Å². The van der Waals surface area contributed by atoms with E-state index in [4.69, 9.17) is 28.3 Å². The highest BCUT2D eigenvalue weighted by molar-refractivity contribution is 6.30. The molecule has 1 aromatic carbocycles. The Morgan fingerprint density at radius 2 is 2.05 bits per heavy atom. The summed E-state index contributed by atoms with van der Waals surface area (Å²) in [5.74, 6) is -0.936. The largest absolute Gasteiger partial charge is 0.367 e. The average molecular weight is 297 g/mol. The third-order valence-corrected chi connectivity index (χ3v) is 2.05. The van der Waals surface area contributed by atoms with Crippen LogP contribution < -0.4 is 16.9 Å². The van der Waals surface area contributed by atoms with Crippen molar-refractivity contribution < 1.29 is 5.03 Å². The summed E-state index contributed by atoms with van der Waals surface area (Å²) in [6, 6.07) is 6.28. The predicted molar refractivity (Wildman–Crippen MR) is 71.9 cm³/mol. The maximum atomic E-state index is 10.1. The fourth-order valence-corrected chi connectivity index (χ4v) is 1.17. The summed E-state index contributed by atoms with van der Waals surface area (Å²) >= 11 is 5.70. The molecular formula is C9H9ClN8O2. The van der Waals surface area contributed by atoms with E-state index in [2.05, 4.69) is 10.1 Å². The van der Waals surface area contributed by atoms with E-state index in [1.54, 1.807) is 35.9 Å². The number of nitrogens with one attached hydrogen (secondary N) is 1. The van der Waals surface area contributed by atoms with E-state index in [0.29, 0.717) is 15.7 Å². The minimum atomic E-state index is -0.930. The van der Waals surface area contributed by atoms with E-state index in [9.17, 15) is 10.1 Å². The van der Waals surface area contributed by atoms with Crippen LogP contribution in [0.15, 0.2) is 34.4 Å². The van der Waals surface area contributed by atoms with E-state index in [0.717, 1.165) is 0 Å². The molecule has 0 saturated heterocycles. The van der Waals surface area contributed by atoms with Crippen molar-refractivity contribution >= 4 is 29.2 Å². The summed E-state index contributed by atoms with van der Waals surface area (Å²) in [6.45, 7) is 0. The Kier molecular flexibility index (Phi) is 5.07. The number of benzene rings is 1. The first-order chi connectivity index (χ1) is 9.42. The standard InChI is InChI=1S/C9H9ClN8O2/c10-6-1-3-7(4-2-6)14-9(13)17(5-11)15-8(12)16-18(19)20/h1-4H,(H2,13,14)(H3,12,15,16). The van der Waals surface area contributed by atoms with Gasteiger partial charge in [0.25, 0.3) is 5.96 Å². The highest BCUT2D eigenvalue weighted by Crippen LogP contribution is 2.16. The molecule has 104 valence electrons. The Bertz CT molecular complexity index is 591. The molecule has 0 unspecified atom stereocenters. The Hall–Kier alpha value is -3.06. The van der Waals surface area contributed by atoms with Crippen LogP contribution in [-0.4, -0.2) is 22.0 Å². The van der Waals surface area contributed by atoms with Crippen molar-refractivity contribution in [3.8, 4) is 6.19 Å². The van der Waals surface area contributed by atoms with Crippen molar-refractivity contribution in [3.05, 3.63) is 39.4 Å². The molecule has 20 heavy (non-hydrogen) atoms. The van der Waals surface area contributed by atoms with E-state index in [1.807, 2.05) is 0 Å². The molecule has 0 aliphatic heterocycles. The second kappa shape index (κ2) is 6.76. The van der Waals surface area contributed by atoms with Crippen molar-refractivity contribution in [1.29, 1.82) is 5.26 Å². The van der Waals surface area contributed by atoms with E-state index < -0.39 is 11.0 Å². The third-order valence-electron chi connectivity index (χ3n) is 1.80. The van der Waals surface area contributed by atoms with Crippen LogP contribution in [0.25, 0.3) is 0 Å². The molecule has 11 heteroatoms. The third kappa shape index (κ3) is 4.67. The van der Waals surface area contributed by atoms with Gasteiger partial charge in [0.15, 0.2) is 5.03 Å². The van der Waals surface area contributed by atoms with Crippen molar-refractivity contribution in [3.63, 3.8) is 0 Å². The van der Waals surface area contributed by atoms with Gasteiger partial charge in [-0.1, -0.05) is 17.0 Å². The molecule has 0 aliphatic rings. The normalized spacial score (nSPS) is 11.6. The summed E-state index contributed by atoms with van der Waals surface area (Å²) in [6.07, 6.45) is 1.56. The quantitative estimate of drug-likeness (QED) is 0.178. The van der Waals surface area contributed by atoms with Crippen LogP contribution in [0.5, 0.6) is 0 Å². The number of hydrogen-bond donors (Lipinski definition) is 3. The van der Waals surface area contributed by atoms with Gasteiger partial charge in [-0.15, -0.1) is 10.1 Å². The van der Waals surface area contributed by atoms with Crippen LogP contribution in [0.2, 0.25) is 5.02 Å². The van der Waals surface area contributed by atoms with Crippen LogP contribution >= 0.6 is 11.6 Å². The molecule has 5 N–H and O–H groups in total. The highest BCUT2D eigenvalue weighted by Gasteiger charge is 2.09. The zero-order valence-corrected chi connectivity index (χ0v) is 10.7. The molecule has 1 aromatic rings. The van der Waals surface area contributed by atoms with Crippen molar-refractivity contribution in [1.82, 2.24) is 10.4 Å². The van der Waals surface area contributed by atoms with Crippen molar-refractivity contribution in [2.24, 2.45) is 21.6 Å². The van der Waals surface area contributed by atoms with Gasteiger partial charge in [-0.25, -0.2) is 15.1 Å². The summed E-state index contributed by atoms with van der Waals surface area (Å²) < 4.78 is 0. The number of nitrogens with two attached hydrogens (primary N) is 2. The second-order valence-electron chi connectivity index (χ2n) is 3.21. The Morgan fingerprint density at radius 1 is 1.45 bits per heavy atom. The first-order valence-electron chi connectivity index (χ1n) is 4.97. The average Bonchev–Trinajstić information content (AvgIpc) is 2.37. The first kappa shape index (κ1) is 15.0. The minimum absolute atomic E-state index is 0.317. The van der Waals surface area contributed by atoms with Crippen LogP contribution in [0.4, 0.5) is 5.69 Å². The van der Waals surface area contributed by atoms with Crippen LogP contribution in [-0.2, 0) is 0 Å². The number of rotatable bonds is 3. The van der Waals surface area contributed by atoms with Crippen LogP contribution in [0.3, 0.4) is 0 Å². The van der Waals surface area contributed by atoms with Gasteiger partial charge in [-0.2, -0.15) is 5.26 Å². The van der Waals surface area contributed by atoms with Gasteiger partial charge in [0.2, 0.25) is 12.2 Å². The number of hydrogen-bond acceptors (Lipinski definition) is 5. The topological polar surface area (TPSA) is 159 Å². The number of nitrogens with zero attached hydrogens (tertiary/aromatic N) is 5. The van der Waals surface area contributed by atoms with E-state index in [1.165, 1.54) is 0 Å². The Labute approximate surface area is 118 Å². The molecule has 0 aliphatic carbocycles. The molecule has 1 rings (SSSR count). The molecule has 0 aromatic heterocycles. The van der Waals surface area contributed by atoms with Gasteiger partial charge in [-0.05, 0) is 24.3 Å². The number of nitro groups is 1. The maximum Gasteiger partial charge on any atom is 0.274 e. The minimum Gasteiger partial charge on any atom is -0.367 e. The first-order valence-corrected chi connectivity index (χ1v) is 5.35. The van der Waals surface area contributed by atoms with Gasteiger partial charge >= 0.3 is 0 Å². The van der Waals surface area contributed by atoms with E-state index in [-0.39, 0.29) is 5.96 Å². The molecule has 0 radical (unpaired) electrons.